The fourth-order valence-corrected chi connectivity index (χ4v) is 3.27. The van der Waals surface area contributed by atoms with Crippen LogP contribution < -0.4 is 4.90 Å². The average molecular weight is 376 g/mol. The van der Waals surface area contributed by atoms with E-state index in [1.807, 2.05) is 24.3 Å². The molecule has 1 aliphatic rings. The summed E-state index contributed by atoms with van der Waals surface area (Å²) in [7, 11) is 3.56. The molecule has 1 saturated heterocycles. The summed E-state index contributed by atoms with van der Waals surface area (Å²) in [5.41, 5.74) is 2.09. The summed E-state index contributed by atoms with van der Waals surface area (Å²) < 4.78 is 14.1. The first-order valence-corrected chi connectivity index (χ1v) is 9.05. The summed E-state index contributed by atoms with van der Waals surface area (Å²) in [6.07, 6.45) is 0. The van der Waals surface area contributed by atoms with E-state index in [1.54, 1.807) is 36.0 Å². The van der Waals surface area contributed by atoms with E-state index >= 15 is 0 Å². The van der Waals surface area contributed by atoms with E-state index in [0.717, 1.165) is 24.7 Å². The summed E-state index contributed by atoms with van der Waals surface area (Å²) in [6, 6.07) is 12.5. The summed E-state index contributed by atoms with van der Waals surface area (Å²) in [5.74, 6) is -0.484. The van der Waals surface area contributed by atoms with Crippen LogP contribution in [-0.2, 0) is 6.54 Å². The molecule has 138 valence electrons. The highest BCUT2D eigenvalue weighted by Gasteiger charge is 2.23. The highest BCUT2D eigenvalue weighted by molar-refractivity contribution is 6.30. The lowest BCUT2D eigenvalue weighted by Crippen LogP contribution is -2.48. The monoisotopic (exact) mass is 375 g/mol. The molecule has 0 aliphatic carbocycles. The molecule has 0 spiro atoms. The SMILES string of the molecule is CN(C)c1ccc(C(=O)N2CCN(Cc3ccc(Cl)cc3)CC2)cc1F. The minimum Gasteiger partial charge on any atom is -0.375 e. The Morgan fingerprint density at radius 2 is 1.73 bits per heavy atom. The maximum atomic E-state index is 14.1. The number of piperazine rings is 1. The number of halogens is 2. The Morgan fingerprint density at radius 1 is 1.08 bits per heavy atom. The molecule has 26 heavy (non-hydrogen) atoms. The molecule has 2 aromatic carbocycles. The fourth-order valence-electron chi connectivity index (χ4n) is 3.14. The van der Waals surface area contributed by atoms with Crippen molar-refractivity contribution in [3.8, 4) is 0 Å². The number of hydrogen-bond donors (Lipinski definition) is 0. The maximum absolute atomic E-state index is 14.1. The lowest BCUT2D eigenvalue weighted by molar-refractivity contribution is 0.0628. The largest absolute Gasteiger partial charge is 0.375 e. The topological polar surface area (TPSA) is 26.8 Å². The van der Waals surface area contributed by atoms with Crippen LogP contribution in [0.1, 0.15) is 15.9 Å². The van der Waals surface area contributed by atoms with Crippen LogP contribution in [0.3, 0.4) is 0 Å². The zero-order valence-electron chi connectivity index (χ0n) is 15.1. The number of carbonyl (C=O) groups excluding carboxylic acids is 1. The molecular formula is C20H23ClFN3O. The third-order valence-electron chi connectivity index (χ3n) is 4.66. The fraction of sp³-hybridized carbons (Fsp3) is 0.350. The van der Waals surface area contributed by atoms with E-state index in [2.05, 4.69) is 4.90 Å². The number of nitrogens with zero attached hydrogens (tertiary/aromatic N) is 3. The van der Waals surface area contributed by atoms with Gasteiger partial charge in [-0.3, -0.25) is 9.69 Å². The van der Waals surface area contributed by atoms with Gasteiger partial charge in [-0.25, -0.2) is 4.39 Å². The zero-order valence-corrected chi connectivity index (χ0v) is 15.8. The van der Waals surface area contributed by atoms with Gasteiger partial charge in [0.2, 0.25) is 0 Å². The van der Waals surface area contributed by atoms with E-state index in [-0.39, 0.29) is 11.7 Å². The quantitative estimate of drug-likeness (QED) is 0.818. The molecule has 3 rings (SSSR count). The molecule has 6 heteroatoms. The van der Waals surface area contributed by atoms with Gasteiger partial charge in [0, 0.05) is 57.4 Å². The zero-order chi connectivity index (χ0) is 18.7. The van der Waals surface area contributed by atoms with Crippen LogP contribution >= 0.6 is 11.6 Å². The Labute approximate surface area is 158 Å². The second-order valence-corrected chi connectivity index (χ2v) is 7.19. The molecule has 2 aromatic rings. The lowest BCUT2D eigenvalue weighted by Gasteiger charge is -2.35. The molecule has 0 bridgehead atoms. The lowest BCUT2D eigenvalue weighted by atomic mass is 10.1. The van der Waals surface area contributed by atoms with Gasteiger partial charge in [0.05, 0.1) is 5.69 Å². The van der Waals surface area contributed by atoms with Crippen molar-refractivity contribution in [3.05, 3.63) is 64.4 Å². The van der Waals surface area contributed by atoms with Crippen LogP contribution in [0.25, 0.3) is 0 Å². The maximum Gasteiger partial charge on any atom is 0.254 e. The third kappa shape index (κ3) is 4.34. The van der Waals surface area contributed by atoms with Gasteiger partial charge >= 0.3 is 0 Å². The minimum absolute atomic E-state index is 0.111. The van der Waals surface area contributed by atoms with Crippen molar-refractivity contribution >= 4 is 23.2 Å². The van der Waals surface area contributed by atoms with E-state index in [0.29, 0.717) is 24.3 Å². The average Bonchev–Trinajstić information content (AvgIpc) is 2.63. The number of hydrogen-bond acceptors (Lipinski definition) is 3. The number of amides is 1. The normalized spacial score (nSPS) is 15.2. The van der Waals surface area contributed by atoms with Gasteiger partial charge in [0.1, 0.15) is 5.82 Å². The number of carbonyl (C=O) groups is 1. The minimum atomic E-state index is -0.373. The van der Waals surface area contributed by atoms with Gasteiger partial charge in [-0.1, -0.05) is 23.7 Å². The van der Waals surface area contributed by atoms with Crippen molar-refractivity contribution < 1.29 is 9.18 Å². The summed E-state index contributed by atoms with van der Waals surface area (Å²) >= 11 is 5.92. The van der Waals surface area contributed by atoms with Crippen molar-refractivity contribution in [1.82, 2.24) is 9.80 Å². The first-order chi connectivity index (χ1) is 12.4. The molecule has 1 heterocycles. The van der Waals surface area contributed by atoms with Crippen LogP contribution in [0.4, 0.5) is 10.1 Å². The van der Waals surface area contributed by atoms with Gasteiger partial charge in [-0.2, -0.15) is 0 Å². The molecule has 0 unspecified atom stereocenters. The molecule has 0 atom stereocenters. The molecule has 1 amide bonds. The van der Waals surface area contributed by atoms with Crippen LogP contribution in [0.5, 0.6) is 0 Å². The Balaban J connectivity index is 1.58. The molecule has 0 N–H and O–H groups in total. The summed E-state index contributed by atoms with van der Waals surface area (Å²) in [4.78, 5) is 18.4. The first kappa shape index (κ1) is 18.7. The van der Waals surface area contributed by atoms with Crippen LogP contribution in [0.15, 0.2) is 42.5 Å². The van der Waals surface area contributed by atoms with Gasteiger partial charge < -0.3 is 9.80 Å². The van der Waals surface area contributed by atoms with Crippen molar-refractivity contribution in [2.24, 2.45) is 0 Å². The molecule has 0 aromatic heterocycles. The van der Waals surface area contributed by atoms with Gasteiger partial charge in [0.25, 0.3) is 5.91 Å². The molecule has 1 fully saturated rings. The van der Waals surface area contributed by atoms with Crippen molar-refractivity contribution in [1.29, 1.82) is 0 Å². The number of benzene rings is 2. The summed E-state index contributed by atoms with van der Waals surface area (Å²) in [5, 5.41) is 0.733. The van der Waals surface area contributed by atoms with Gasteiger partial charge in [-0.05, 0) is 35.9 Å². The predicted molar refractivity (Wildman–Crippen MR) is 103 cm³/mol. The van der Waals surface area contributed by atoms with Crippen LogP contribution in [0.2, 0.25) is 5.02 Å². The number of anilines is 1. The smallest absolute Gasteiger partial charge is 0.254 e. The van der Waals surface area contributed by atoms with E-state index in [1.165, 1.54) is 11.6 Å². The highest BCUT2D eigenvalue weighted by Crippen LogP contribution is 2.20. The Morgan fingerprint density at radius 3 is 2.31 bits per heavy atom. The Hall–Kier alpha value is -2.11. The van der Waals surface area contributed by atoms with E-state index in [9.17, 15) is 9.18 Å². The van der Waals surface area contributed by atoms with E-state index in [4.69, 9.17) is 11.6 Å². The van der Waals surface area contributed by atoms with Crippen molar-refractivity contribution in [2.45, 2.75) is 6.54 Å². The highest BCUT2D eigenvalue weighted by atomic mass is 35.5. The first-order valence-electron chi connectivity index (χ1n) is 8.67. The molecule has 4 nitrogen and oxygen atoms in total. The van der Waals surface area contributed by atoms with E-state index < -0.39 is 0 Å². The van der Waals surface area contributed by atoms with Gasteiger partial charge in [0.15, 0.2) is 0 Å². The number of rotatable bonds is 4. The van der Waals surface area contributed by atoms with Crippen molar-refractivity contribution in [2.75, 3.05) is 45.2 Å². The predicted octanol–water partition coefficient (Wildman–Crippen LogP) is 3.50. The standard InChI is InChI=1S/C20H23ClFN3O/c1-23(2)19-8-5-16(13-18(19)22)20(26)25-11-9-24(10-12-25)14-15-3-6-17(21)7-4-15/h3-8,13H,9-12,14H2,1-2H3. The Kier molecular flexibility index (Phi) is 5.79. The molecule has 1 aliphatic heterocycles. The second-order valence-electron chi connectivity index (χ2n) is 6.76. The molecule has 0 saturated carbocycles. The molecular weight excluding hydrogens is 353 g/mol. The van der Waals surface area contributed by atoms with Gasteiger partial charge in [-0.15, -0.1) is 0 Å². The second kappa shape index (κ2) is 8.06. The molecule has 0 radical (unpaired) electrons. The Bertz CT molecular complexity index is 771. The van der Waals surface area contributed by atoms with Crippen molar-refractivity contribution in [3.63, 3.8) is 0 Å². The van der Waals surface area contributed by atoms with Crippen LogP contribution in [0, 0.1) is 5.82 Å². The van der Waals surface area contributed by atoms with Crippen LogP contribution in [-0.4, -0.2) is 56.0 Å². The summed E-state index contributed by atoms with van der Waals surface area (Å²) in [6.45, 7) is 3.72. The third-order valence-corrected chi connectivity index (χ3v) is 4.91.